The van der Waals surface area contributed by atoms with Crippen molar-refractivity contribution in [1.29, 1.82) is 0 Å². The largest absolute Gasteiger partial charge is 0.494 e. The monoisotopic (exact) mass is 270 g/mol. The van der Waals surface area contributed by atoms with Crippen molar-refractivity contribution in [2.45, 2.75) is 13.0 Å². The van der Waals surface area contributed by atoms with Crippen molar-refractivity contribution >= 4 is 0 Å². The molecule has 2 aromatic rings. The lowest BCUT2D eigenvalue weighted by molar-refractivity contribution is 0.238. The Morgan fingerprint density at radius 1 is 1.10 bits per heavy atom. The lowest BCUT2D eigenvalue weighted by atomic mass is 10.1. The predicted octanol–water partition coefficient (Wildman–Crippen LogP) is 3.31. The molecule has 2 nitrogen and oxygen atoms in total. The van der Waals surface area contributed by atoms with E-state index in [9.17, 15) is 9.50 Å². The Kier molecular flexibility index (Phi) is 4.75. The summed E-state index contributed by atoms with van der Waals surface area (Å²) in [5.41, 5.74) is 1.36. The average molecular weight is 270 g/mol. The van der Waals surface area contributed by atoms with Crippen LogP contribution in [0.2, 0.25) is 0 Å². The molecule has 0 saturated carbocycles. The van der Waals surface area contributed by atoms with Crippen LogP contribution in [-0.4, -0.2) is 11.7 Å². The maximum atomic E-state index is 12.7. The number of aliphatic hydroxyl groups is 1. The minimum atomic E-state index is -0.879. The fourth-order valence-corrected chi connectivity index (χ4v) is 1.68. The van der Waals surface area contributed by atoms with Crippen LogP contribution < -0.4 is 4.74 Å². The summed E-state index contributed by atoms with van der Waals surface area (Å²) in [6, 6.07) is 13.0. The average Bonchev–Trinajstić information content (AvgIpc) is 2.47. The normalized spacial score (nSPS) is 11.3. The van der Waals surface area contributed by atoms with Gasteiger partial charge in [-0.2, -0.15) is 0 Å². The lowest BCUT2D eigenvalue weighted by Crippen LogP contribution is -1.95. The number of aliphatic hydroxyl groups excluding tert-OH is 1. The Bertz CT molecular complexity index is 606. The van der Waals surface area contributed by atoms with Gasteiger partial charge < -0.3 is 9.84 Å². The lowest BCUT2D eigenvalue weighted by Gasteiger charge is -2.06. The molecule has 2 aromatic carbocycles. The number of rotatable bonds is 3. The molecule has 0 saturated heterocycles. The first-order valence-electron chi connectivity index (χ1n) is 6.37. The Labute approximate surface area is 117 Å². The molecule has 0 aliphatic rings. The molecule has 3 heteroatoms. The van der Waals surface area contributed by atoms with E-state index in [2.05, 4.69) is 11.8 Å². The summed E-state index contributed by atoms with van der Waals surface area (Å²) < 4.78 is 18.1. The summed E-state index contributed by atoms with van der Waals surface area (Å²) in [4.78, 5) is 0. The quantitative estimate of drug-likeness (QED) is 0.867. The summed E-state index contributed by atoms with van der Waals surface area (Å²) in [7, 11) is 0. The molecule has 102 valence electrons. The van der Waals surface area contributed by atoms with Crippen LogP contribution in [0.3, 0.4) is 0 Å². The highest BCUT2D eigenvalue weighted by Crippen LogP contribution is 2.17. The summed E-state index contributed by atoms with van der Waals surface area (Å²) in [6.07, 6.45) is -0.879. The third-order valence-electron chi connectivity index (χ3n) is 2.70. The molecular weight excluding hydrogens is 255 g/mol. The molecule has 0 fully saturated rings. The van der Waals surface area contributed by atoms with Crippen molar-refractivity contribution in [3.8, 4) is 17.6 Å². The highest BCUT2D eigenvalue weighted by atomic mass is 19.1. The van der Waals surface area contributed by atoms with Crippen molar-refractivity contribution in [3.63, 3.8) is 0 Å². The van der Waals surface area contributed by atoms with Crippen LogP contribution in [0.5, 0.6) is 5.75 Å². The Balaban J connectivity index is 2.08. The zero-order valence-corrected chi connectivity index (χ0v) is 11.1. The Morgan fingerprint density at radius 2 is 1.75 bits per heavy atom. The van der Waals surface area contributed by atoms with E-state index in [1.54, 1.807) is 36.4 Å². The topological polar surface area (TPSA) is 29.5 Å². The van der Waals surface area contributed by atoms with Gasteiger partial charge in [0.15, 0.2) is 0 Å². The van der Waals surface area contributed by atoms with E-state index < -0.39 is 6.10 Å². The molecule has 0 heterocycles. The zero-order chi connectivity index (χ0) is 14.4. The van der Waals surface area contributed by atoms with E-state index in [-0.39, 0.29) is 5.82 Å². The molecule has 1 N–H and O–H groups in total. The van der Waals surface area contributed by atoms with Crippen LogP contribution in [0.25, 0.3) is 0 Å². The van der Waals surface area contributed by atoms with Gasteiger partial charge in [0, 0.05) is 5.56 Å². The summed E-state index contributed by atoms with van der Waals surface area (Å²) in [5.74, 6) is 6.00. The van der Waals surface area contributed by atoms with Crippen LogP contribution in [0.4, 0.5) is 4.39 Å². The van der Waals surface area contributed by atoms with Gasteiger partial charge in [0.2, 0.25) is 0 Å². The summed E-state index contributed by atoms with van der Waals surface area (Å²) in [6.45, 7) is 2.52. The van der Waals surface area contributed by atoms with Gasteiger partial charge in [-0.1, -0.05) is 24.0 Å². The van der Waals surface area contributed by atoms with Crippen LogP contribution in [-0.2, 0) is 0 Å². The molecule has 0 bridgehead atoms. The molecule has 0 aliphatic heterocycles. The summed E-state index contributed by atoms with van der Waals surface area (Å²) in [5, 5.41) is 9.97. The van der Waals surface area contributed by atoms with Gasteiger partial charge in [-0.15, -0.1) is 0 Å². The predicted molar refractivity (Wildman–Crippen MR) is 75.8 cm³/mol. The smallest absolute Gasteiger partial charge is 0.140 e. The van der Waals surface area contributed by atoms with Gasteiger partial charge in [-0.3, -0.25) is 0 Å². The maximum Gasteiger partial charge on any atom is 0.140 e. The summed E-state index contributed by atoms with van der Waals surface area (Å²) >= 11 is 0. The molecule has 0 radical (unpaired) electrons. The number of hydrogen-bond acceptors (Lipinski definition) is 2. The van der Waals surface area contributed by atoms with Crippen molar-refractivity contribution in [2.75, 3.05) is 6.61 Å². The van der Waals surface area contributed by atoms with E-state index in [0.29, 0.717) is 17.7 Å². The number of benzene rings is 2. The third kappa shape index (κ3) is 3.84. The van der Waals surface area contributed by atoms with Gasteiger partial charge in [0.25, 0.3) is 0 Å². The number of hydrogen-bond donors (Lipinski definition) is 1. The first-order valence-corrected chi connectivity index (χ1v) is 6.37. The van der Waals surface area contributed by atoms with Crippen LogP contribution in [0.1, 0.15) is 24.2 Å². The molecule has 20 heavy (non-hydrogen) atoms. The second-order valence-electron chi connectivity index (χ2n) is 4.18. The molecule has 0 aliphatic carbocycles. The first-order chi connectivity index (χ1) is 9.69. The third-order valence-corrected chi connectivity index (χ3v) is 2.70. The molecule has 0 amide bonds. The molecule has 0 aromatic heterocycles. The SMILES string of the molecule is CCOc1ccc([C@@H](O)C#Cc2ccc(F)cc2)cc1. The van der Waals surface area contributed by atoms with Gasteiger partial charge >= 0.3 is 0 Å². The highest BCUT2D eigenvalue weighted by Gasteiger charge is 2.03. The van der Waals surface area contributed by atoms with Crippen molar-refractivity contribution in [3.05, 3.63) is 65.5 Å². The Hall–Kier alpha value is -2.31. The second kappa shape index (κ2) is 6.74. The molecular formula is C17H15FO2. The fourth-order valence-electron chi connectivity index (χ4n) is 1.68. The van der Waals surface area contributed by atoms with Crippen LogP contribution in [0, 0.1) is 17.7 Å². The van der Waals surface area contributed by atoms with Crippen molar-refractivity contribution < 1.29 is 14.2 Å². The van der Waals surface area contributed by atoms with Crippen LogP contribution in [0.15, 0.2) is 48.5 Å². The molecule has 0 unspecified atom stereocenters. The second-order valence-corrected chi connectivity index (χ2v) is 4.18. The van der Waals surface area contributed by atoms with E-state index >= 15 is 0 Å². The zero-order valence-electron chi connectivity index (χ0n) is 11.1. The van der Waals surface area contributed by atoms with Crippen molar-refractivity contribution in [1.82, 2.24) is 0 Å². The molecule has 1 atom stereocenters. The first kappa shape index (κ1) is 14.1. The van der Waals surface area contributed by atoms with Crippen LogP contribution >= 0.6 is 0 Å². The standard InChI is InChI=1S/C17H15FO2/c1-2-20-16-10-6-14(7-11-16)17(19)12-5-13-3-8-15(18)9-4-13/h3-4,6-11,17,19H,2H2,1H3/t17-/m0/s1. The Morgan fingerprint density at radius 3 is 2.35 bits per heavy atom. The fraction of sp³-hybridized carbons (Fsp3) is 0.176. The van der Waals surface area contributed by atoms with Gasteiger partial charge in [0.05, 0.1) is 6.61 Å². The number of ether oxygens (including phenoxy) is 1. The molecule has 2 rings (SSSR count). The van der Waals surface area contributed by atoms with Crippen molar-refractivity contribution in [2.24, 2.45) is 0 Å². The maximum absolute atomic E-state index is 12.7. The van der Waals surface area contributed by atoms with E-state index in [4.69, 9.17) is 4.74 Å². The minimum Gasteiger partial charge on any atom is -0.494 e. The number of halogens is 1. The minimum absolute atomic E-state index is 0.303. The molecule has 0 spiro atoms. The van der Waals surface area contributed by atoms with Gasteiger partial charge in [-0.05, 0) is 48.9 Å². The van der Waals surface area contributed by atoms with Gasteiger partial charge in [-0.25, -0.2) is 4.39 Å². The van der Waals surface area contributed by atoms with E-state index in [0.717, 1.165) is 5.75 Å². The highest BCUT2D eigenvalue weighted by molar-refractivity contribution is 5.38. The van der Waals surface area contributed by atoms with E-state index in [1.165, 1.54) is 12.1 Å². The van der Waals surface area contributed by atoms with Gasteiger partial charge in [0.1, 0.15) is 17.7 Å². The van der Waals surface area contributed by atoms with E-state index in [1.807, 2.05) is 6.92 Å².